The lowest BCUT2D eigenvalue weighted by atomic mass is 9.92. The summed E-state index contributed by atoms with van der Waals surface area (Å²) in [6, 6.07) is 11.9. The fourth-order valence-corrected chi connectivity index (χ4v) is 3.14. The zero-order valence-electron chi connectivity index (χ0n) is 13.7. The number of halogens is 1. The number of carboxylic acid groups (broad SMARTS) is 1. The van der Waals surface area contributed by atoms with E-state index in [0.717, 1.165) is 21.9 Å². The topological polar surface area (TPSA) is 65.5 Å². The molecule has 0 saturated carbocycles. The number of aromatic nitrogens is 1. The molecule has 0 radical (unpaired) electrons. The van der Waals surface area contributed by atoms with E-state index in [1.807, 2.05) is 25.1 Å². The second-order valence-electron chi connectivity index (χ2n) is 6.02. The predicted octanol–water partition coefficient (Wildman–Crippen LogP) is 3.15. The van der Waals surface area contributed by atoms with Gasteiger partial charge in [0.15, 0.2) is 0 Å². The molecule has 0 spiro atoms. The zero-order chi connectivity index (χ0) is 17.3. The number of alkyl halides is 1. The van der Waals surface area contributed by atoms with Crippen molar-refractivity contribution in [2.45, 2.75) is 25.7 Å². The highest BCUT2D eigenvalue weighted by Gasteiger charge is 2.48. The number of rotatable bonds is 2. The van der Waals surface area contributed by atoms with Crippen LogP contribution in [0.25, 0.3) is 11.3 Å². The number of piperazine rings is 1. The lowest BCUT2D eigenvalue weighted by molar-refractivity contribution is -0.0698. The van der Waals surface area contributed by atoms with Gasteiger partial charge < -0.3 is 10.4 Å². The van der Waals surface area contributed by atoms with Crippen LogP contribution < -0.4 is 5.32 Å². The molecule has 1 saturated heterocycles. The molecule has 2 unspecified atom stereocenters. The highest BCUT2D eigenvalue weighted by Crippen LogP contribution is 2.36. The standard InChI is InChI=1S/C18H20FN3O2/c1-12-4-3-5-16(21-12)14-6-8-15(9-7-14)18(19)13(2)20-10-11-22(18)17(23)24/h3-9,13,20H,10-11H2,1-2H3,(H,23,24). The molecule has 3 rings (SSSR count). The second-order valence-corrected chi connectivity index (χ2v) is 6.02. The minimum Gasteiger partial charge on any atom is -0.465 e. The van der Waals surface area contributed by atoms with Gasteiger partial charge in [-0.2, -0.15) is 0 Å². The number of aryl methyl sites for hydroxylation is 1. The SMILES string of the molecule is Cc1cccc(-c2ccc(C3(F)C(C)NCCN3C(=O)O)cc2)n1. The molecule has 5 nitrogen and oxygen atoms in total. The van der Waals surface area contributed by atoms with Crippen molar-refractivity contribution in [1.82, 2.24) is 15.2 Å². The van der Waals surface area contributed by atoms with E-state index >= 15 is 4.39 Å². The number of pyridine rings is 1. The number of benzene rings is 1. The van der Waals surface area contributed by atoms with Crippen molar-refractivity contribution in [3.05, 3.63) is 53.7 Å². The predicted molar refractivity (Wildman–Crippen MR) is 89.4 cm³/mol. The van der Waals surface area contributed by atoms with Crippen LogP contribution in [0.4, 0.5) is 9.18 Å². The van der Waals surface area contributed by atoms with Crippen LogP contribution in [-0.2, 0) is 5.79 Å². The Labute approximate surface area is 140 Å². The summed E-state index contributed by atoms with van der Waals surface area (Å²) < 4.78 is 15.7. The maximum Gasteiger partial charge on any atom is 0.410 e. The van der Waals surface area contributed by atoms with Crippen LogP contribution in [0.3, 0.4) is 0 Å². The summed E-state index contributed by atoms with van der Waals surface area (Å²) in [6.45, 7) is 4.11. The molecule has 0 bridgehead atoms. The molecule has 1 amide bonds. The van der Waals surface area contributed by atoms with Crippen LogP contribution in [0.5, 0.6) is 0 Å². The van der Waals surface area contributed by atoms with E-state index < -0.39 is 17.9 Å². The Balaban J connectivity index is 1.98. The minimum atomic E-state index is -2.09. The molecule has 2 atom stereocenters. The Hall–Kier alpha value is -2.47. The summed E-state index contributed by atoms with van der Waals surface area (Å²) in [5, 5.41) is 12.4. The summed E-state index contributed by atoms with van der Waals surface area (Å²) >= 11 is 0. The van der Waals surface area contributed by atoms with Gasteiger partial charge in [-0.05, 0) is 26.0 Å². The van der Waals surface area contributed by atoms with Gasteiger partial charge in [-0.15, -0.1) is 0 Å². The minimum absolute atomic E-state index is 0.108. The van der Waals surface area contributed by atoms with Crippen LogP contribution in [0.1, 0.15) is 18.2 Å². The highest BCUT2D eigenvalue weighted by molar-refractivity contribution is 5.67. The van der Waals surface area contributed by atoms with Gasteiger partial charge in [-0.3, -0.25) is 9.88 Å². The molecular weight excluding hydrogens is 309 g/mol. The van der Waals surface area contributed by atoms with Crippen molar-refractivity contribution < 1.29 is 14.3 Å². The fourth-order valence-electron chi connectivity index (χ4n) is 3.14. The molecule has 2 N–H and O–H groups in total. The van der Waals surface area contributed by atoms with Crippen molar-refractivity contribution in [2.75, 3.05) is 13.1 Å². The Morgan fingerprint density at radius 1 is 1.33 bits per heavy atom. The first-order valence-electron chi connectivity index (χ1n) is 7.90. The number of carbonyl (C=O) groups is 1. The highest BCUT2D eigenvalue weighted by atomic mass is 19.1. The average Bonchev–Trinajstić information content (AvgIpc) is 2.57. The number of nitrogens with one attached hydrogen (secondary N) is 1. The molecular formula is C18H20FN3O2. The largest absolute Gasteiger partial charge is 0.465 e. The number of hydrogen-bond donors (Lipinski definition) is 2. The molecule has 1 aliphatic rings. The van der Waals surface area contributed by atoms with E-state index in [-0.39, 0.29) is 6.54 Å². The van der Waals surface area contributed by atoms with Crippen molar-refractivity contribution in [1.29, 1.82) is 0 Å². The molecule has 1 aromatic carbocycles. The Morgan fingerprint density at radius 2 is 2.04 bits per heavy atom. The van der Waals surface area contributed by atoms with Crippen LogP contribution in [0.15, 0.2) is 42.5 Å². The first kappa shape index (κ1) is 16.4. The molecule has 0 aliphatic carbocycles. The van der Waals surface area contributed by atoms with Crippen LogP contribution in [-0.4, -0.2) is 40.2 Å². The van der Waals surface area contributed by atoms with E-state index in [1.165, 1.54) is 0 Å². The van der Waals surface area contributed by atoms with Crippen molar-refractivity contribution in [3.63, 3.8) is 0 Å². The lowest BCUT2D eigenvalue weighted by Crippen LogP contribution is -2.63. The summed E-state index contributed by atoms with van der Waals surface area (Å²) in [5.41, 5.74) is 2.89. The molecule has 24 heavy (non-hydrogen) atoms. The molecule has 1 fully saturated rings. The number of nitrogens with zero attached hydrogens (tertiary/aromatic N) is 2. The van der Waals surface area contributed by atoms with Crippen LogP contribution in [0.2, 0.25) is 0 Å². The van der Waals surface area contributed by atoms with Gasteiger partial charge >= 0.3 is 6.09 Å². The average molecular weight is 329 g/mol. The summed E-state index contributed by atoms with van der Waals surface area (Å²) in [4.78, 5) is 16.8. The third-order valence-corrected chi connectivity index (χ3v) is 4.46. The maximum atomic E-state index is 15.7. The van der Waals surface area contributed by atoms with Gasteiger partial charge in [0.05, 0.1) is 11.7 Å². The summed E-state index contributed by atoms with van der Waals surface area (Å²) in [5.74, 6) is -2.09. The van der Waals surface area contributed by atoms with Crippen LogP contribution in [0, 0.1) is 6.92 Å². The molecule has 1 aromatic heterocycles. The molecule has 6 heteroatoms. The number of hydrogen-bond acceptors (Lipinski definition) is 3. The van der Waals surface area contributed by atoms with Gasteiger partial charge in [0, 0.05) is 29.9 Å². The maximum absolute atomic E-state index is 15.7. The number of amides is 1. The Bertz CT molecular complexity index is 750. The zero-order valence-corrected chi connectivity index (χ0v) is 13.7. The van der Waals surface area contributed by atoms with E-state index in [4.69, 9.17) is 0 Å². The third kappa shape index (κ3) is 2.73. The quantitative estimate of drug-likeness (QED) is 0.831. The van der Waals surface area contributed by atoms with Gasteiger partial charge in [0.1, 0.15) is 0 Å². The van der Waals surface area contributed by atoms with Gasteiger partial charge in [-0.1, -0.05) is 30.3 Å². The normalized spacial score (nSPS) is 24.0. The smallest absolute Gasteiger partial charge is 0.410 e. The first-order valence-corrected chi connectivity index (χ1v) is 7.90. The van der Waals surface area contributed by atoms with E-state index in [2.05, 4.69) is 10.3 Å². The first-order chi connectivity index (χ1) is 11.4. The van der Waals surface area contributed by atoms with E-state index in [0.29, 0.717) is 12.1 Å². The third-order valence-electron chi connectivity index (χ3n) is 4.46. The van der Waals surface area contributed by atoms with Crippen molar-refractivity contribution >= 4 is 6.09 Å². The Kier molecular flexibility index (Phi) is 4.24. The van der Waals surface area contributed by atoms with Gasteiger partial charge in [-0.25, -0.2) is 9.18 Å². The molecule has 2 aromatic rings. The molecule has 1 aliphatic heterocycles. The van der Waals surface area contributed by atoms with E-state index in [1.54, 1.807) is 31.2 Å². The monoisotopic (exact) mass is 329 g/mol. The fraction of sp³-hybridized carbons (Fsp3) is 0.333. The molecule has 126 valence electrons. The van der Waals surface area contributed by atoms with Crippen molar-refractivity contribution in [2.24, 2.45) is 0 Å². The summed E-state index contributed by atoms with van der Waals surface area (Å²) in [7, 11) is 0. The summed E-state index contributed by atoms with van der Waals surface area (Å²) in [6.07, 6.45) is -1.25. The lowest BCUT2D eigenvalue weighted by Gasteiger charge is -2.44. The van der Waals surface area contributed by atoms with Crippen LogP contribution >= 0.6 is 0 Å². The van der Waals surface area contributed by atoms with Gasteiger partial charge in [0.25, 0.3) is 0 Å². The van der Waals surface area contributed by atoms with Crippen molar-refractivity contribution in [3.8, 4) is 11.3 Å². The molecule has 2 heterocycles. The van der Waals surface area contributed by atoms with E-state index in [9.17, 15) is 9.90 Å². The Morgan fingerprint density at radius 3 is 2.67 bits per heavy atom. The van der Waals surface area contributed by atoms with Gasteiger partial charge in [0.2, 0.25) is 5.79 Å². The second kappa shape index (κ2) is 6.20.